The van der Waals surface area contributed by atoms with Gasteiger partial charge in [-0.25, -0.2) is 0 Å². The molecule has 54 valence electrons. The van der Waals surface area contributed by atoms with Crippen LogP contribution in [0.25, 0.3) is 0 Å². The molecular weight excluding hydrogens is 116 g/mol. The van der Waals surface area contributed by atoms with E-state index in [4.69, 9.17) is 10.9 Å². The van der Waals surface area contributed by atoms with Gasteiger partial charge in [0, 0.05) is 6.54 Å². The predicted molar refractivity (Wildman–Crippen MR) is 34.9 cm³/mol. The average Bonchev–Trinajstić information content (AvgIpc) is 1.79. The van der Waals surface area contributed by atoms with Gasteiger partial charge in [0.15, 0.2) is 0 Å². The van der Waals surface area contributed by atoms with Crippen molar-refractivity contribution in [3.05, 3.63) is 0 Å². The molecular formula is C6H14N2O. The Morgan fingerprint density at radius 2 is 2.22 bits per heavy atom. The molecule has 0 aromatic heterocycles. The molecule has 1 aliphatic rings. The minimum absolute atomic E-state index is 0.153. The van der Waals surface area contributed by atoms with Gasteiger partial charge in [-0.1, -0.05) is 13.8 Å². The molecule has 1 fully saturated rings. The Morgan fingerprint density at radius 1 is 1.67 bits per heavy atom. The lowest BCUT2D eigenvalue weighted by molar-refractivity contribution is -0.105. The van der Waals surface area contributed by atoms with Gasteiger partial charge in [0.25, 0.3) is 0 Å². The van der Waals surface area contributed by atoms with E-state index < -0.39 is 0 Å². The highest BCUT2D eigenvalue weighted by Crippen LogP contribution is 2.29. The average molecular weight is 130 g/mol. The fraction of sp³-hybridized carbons (Fsp3) is 1.00. The molecule has 3 heteroatoms. The summed E-state index contributed by atoms with van der Waals surface area (Å²) in [6.07, 6.45) is 0.726. The summed E-state index contributed by atoms with van der Waals surface area (Å²) in [5.41, 5.74) is 5.72. The molecule has 1 saturated heterocycles. The Morgan fingerprint density at radius 3 is 2.33 bits per heavy atom. The highest BCUT2D eigenvalue weighted by molar-refractivity contribution is 4.83. The smallest absolute Gasteiger partial charge is 0.0821 e. The summed E-state index contributed by atoms with van der Waals surface area (Å²) in [4.78, 5) is 0. The summed E-state index contributed by atoms with van der Waals surface area (Å²) in [6.45, 7) is 4.89. The van der Waals surface area contributed by atoms with Crippen LogP contribution in [0.2, 0.25) is 0 Å². The van der Waals surface area contributed by atoms with Crippen LogP contribution in [-0.4, -0.2) is 23.0 Å². The first-order valence-electron chi connectivity index (χ1n) is 3.22. The molecule has 1 atom stereocenters. The Kier molecular flexibility index (Phi) is 1.50. The molecule has 0 aliphatic carbocycles. The van der Waals surface area contributed by atoms with Gasteiger partial charge >= 0.3 is 0 Å². The summed E-state index contributed by atoms with van der Waals surface area (Å²) in [5, 5.41) is 10.2. The van der Waals surface area contributed by atoms with Gasteiger partial charge in [-0.3, -0.25) is 0 Å². The SMILES string of the molecule is CC1(C)CC(N)N(O)C1. The summed E-state index contributed by atoms with van der Waals surface area (Å²) in [6, 6.07) is 0. The predicted octanol–water partition coefficient (Wildman–Crippen LogP) is 0.392. The monoisotopic (exact) mass is 130 g/mol. The van der Waals surface area contributed by atoms with Crippen LogP contribution in [0.15, 0.2) is 0 Å². The third-order valence-corrected chi connectivity index (χ3v) is 1.73. The third-order valence-electron chi connectivity index (χ3n) is 1.73. The number of hydrogen-bond donors (Lipinski definition) is 2. The maximum Gasteiger partial charge on any atom is 0.0821 e. The second-order valence-electron chi connectivity index (χ2n) is 3.53. The summed E-state index contributed by atoms with van der Waals surface area (Å²) < 4.78 is 0. The van der Waals surface area contributed by atoms with E-state index in [1.54, 1.807) is 0 Å². The molecule has 0 bridgehead atoms. The van der Waals surface area contributed by atoms with Gasteiger partial charge in [-0.2, -0.15) is 5.06 Å². The van der Waals surface area contributed by atoms with Crippen LogP contribution in [0.1, 0.15) is 20.3 Å². The second-order valence-corrected chi connectivity index (χ2v) is 3.53. The van der Waals surface area contributed by atoms with Crippen molar-refractivity contribution in [3.8, 4) is 0 Å². The van der Waals surface area contributed by atoms with Gasteiger partial charge in [0.2, 0.25) is 0 Å². The van der Waals surface area contributed by atoms with Crippen molar-refractivity contribution in [1.29, 1.82) is 0 Å². The van der Waals surface area contributed by atoms with Crippen molar-refractivity contribution in [2.24, 2.45) is 11.1 Å². The lowest BCUT2D eigenvalue weighted by Crippen LogP contribution is -2.33. The quantitative estimate of drug-likeness (QED) is 0.499. The lowest BCUT2D eigenvalue weighted by atomic mass is 9.92. The molecule has 0 saturated carbocycles. The second kappa shape index (κ2) is 1.94. The van der Waals surface area contributed by atoms with Gasteiger partial charge in [-0.15, -0.1) is 0 Å². The van der Waals surface area contributed by atoms with E-state index >= 15 is 0 Å². The first-order valence-corrected chi connectivity index (χ1v) is 3.22. The van der Waals surface area contributed by atoms with E-state index in [0.717, 1.165) is 6.42 Å². The zero-order chi connectivity index (χ0) is 7.07. The van der Waals surface area contributed by atoms with E-state index in [9.17, 15) is 0 Å². The molecule has 0 spiro atoms. The zero-order valence-electron chi connectivity index (χ0n) is 5.96. The van der Waals surface area contributed by atoms with Crippen LogP contribution in [-0.2, 0) is 0 Å². The molecule has 0 radical (unpaired) electrons. The molecule has 1 aliphatic heterocycles. The largest absolute Gasteiger partial charge is 0.314 e. The van der Waals surface area contributed by atoms with Crippen molar-refractivity contribution < 1.29 is 5.21 Å². The number of hydroxylamine groups is 2. The van der Waals surface area contributed by atoms with Crippen LogP contribution in [0.3, 0.4) is 0 Å². The van der Waals surface area contributed by atoms with E-state index in [0.29, 0.717) is 6.54 Å². The topological polar surface area (TPSA) is 49.5 Å². The van der Waals surface area contributed by atoms with Crippen LogP contribution in [0, 0.1) is 5.41 Å². The van der Waals surface area contributed by atoms with E-state index in [1.165, 1.54) is 5.06 Å². The van der Waals surface area contributed by atoms with Crippen LogP contribution in [0.5, 0.6) is 0 Å². The van der Waals surface area contributed by atoms with Crippen molar-refractivity contribution in [1.82, 2.24) is 5.06 Å². The molecule has 0 amide bonds. The fourth-order valence-electron chi connectivity index (χ4n) is 1.29. The van der Waals surface area contributed by atoms with E-state index in [1.807, 2.05) is 0 Å². The van der Waals surface area contributed by atoms with Gasteiger partial charge in [0.05, 0.1) is 6.17 Å². The number of rotatable bonds is 0. The molecule has 1 unspecified atom stereocenters. The zero-order valence-corrected chi connectivity index (χ0v) is 5.96. The molecule has 0 aromatic rings. The minimum Gasteiger partial charge on any atom is -0.314 e. The lowest BCUT2D eigenvalue weighted by Gasteiger charge is -2.14. The summed E-state index contributed by atoms with van der Waals surface area (Å²) in [5.74, 6) is 0. The standard InChI is InChI=1S/C6H14N2O/c1-6(2)3-5(7)8(9)4-6/h5,9H,3-4,7H2,1-2H3. The van der Waals surface area contributed by atoms with Gasteiger partial charge < -0.3 is 10.9 Å². The molecule has 1 heterocycles. The van der Waals surface area contributed by atoms with Crippen molar-refractivity contribution >= 4 is 0 Å². The van der Waals surface area contributed by atoms with Crippen molar-refractivity contribution in [2.75, 3.05) is 6.54 Å². The normalized spacial score (nSPS) is 35.3. The Labute approximate surface area is 55.4 Å². The minimum atomic E-state index is -0.153. The molecule has 0 aromatic carbocycles. The summed E-state index contributed by atoms with van der Waals surface area (Å²) >= 11 is 0. The van der Waals surface area contributed by atoms with Crippen LogP contribution >= 0.6 is 0 Å². The number of hydrogen-bond acceptors (Lipinski definition) is 3. The number of nitrogens with two attached hydrogens (primary N) is 1. The van der Waals surface area contributed by atoms with Crippen LogP contribution < -0.4 is 5.73 Å². The first-order chi connectivity index (χ1) is 4.01. The maximum atomic E-state index is 9.04. The molecule has 3 N–H and O–H groups in total. The van der Waals surface area contributed by atoms with Gasteiger partial charge in [-0.05, 0) is 11.8 Å². The van der Waals surface area contributed by atoms with Crippen molar-refractivity contribution in [3.63, 3.8) is 0 Å². The fourth-order valence-corrected chi connectivity index (χ4v) is 1.29. The van der Waals surface area contributed by atoms with E-state index in [2.05, 4.69) is 13.8 Å². The summed E-state index contributed by atoms with van der Waals surface area (Å²) in [7, 11) is 0. The molecule has 3 nitrogen and oxygen atoms in total. The van der Waals surface area contributed by atoms with E-state index in [-0.39, 0.29) is 11.6 Å². The Hall–Kier alpha value is -0.120. The van der Waals surface area contributed by atoms with Gasteiger partial charge in [0.1, 0.15) is 0 Å². The highest BCUT2D eigenvalue weighted by atomic mass is 16.5. The number of nitrogens with zero attached hydrogens (tertiary/aromatic N) is 1. The Balaban J connectivity index is 2.54. The highest BCUT2D eigenvalue weighted by Gasteiger charge is 2.34. The Bertz CT molecular complexity index is 102. The molecule has 1 rings (SSSR count). The first kappa shape index (κ1) is 6.99. The van der Waals surface area contributed by atoms with Crippen LogP contribution in [0.4, 0.5) is 0 Å². The van der Waals surface area contributed by atoms with Crippen molar-refractivity contribution in [2.45, 2.75) is 26.4 Å². The molecule has 9 heavy (non-hydrogen) atoms. The maximum absolute atomic E-state index is 9.04. The third kappa shape index (κ3) is 1.41.